The van der Waals surface area contributed by atoms with Crippen LogP contribution in [-0.4, -0.2) is 23.9 Å². The molecule has 0 heterocycles. The first-order chi connectivity index (χ1) is 8.60. The molecule has 0 aliphatic heterocycles. The van der Waals surface area contributed by atoms with E-state index in [0.717, 1.165) is 0 Å². The summed E-state index contributed by atoms with van der Waals surface area (Å²) >= 11 is 0. The van der Waals surface area contributed by atoms with Crippen LogP contribution in [0.25, 0.3) is 0 Å². The molecule has 1 aromatic rings. The molecule has 2 N–H and O–H groups in total. The van der Waals surface area contributed by atoms with E-state index in [4.69, 9.17) is 5.73 Å². The lowest BCUT2D eigenvalue weighted by molar-refractivity contribution is -0.131. The second kappa shape index (κ2) is 7.06. The number of nitrogens with two attached hydrogens (primary N) is 1. The lowest BCUT2D eigenvalue weighted by Gasteiger charge is -2.21. The van der Waals surface area contributed by atoms with Crippen molar-refractivity contribution in [2.75, 3.05) is 13.1 Å². The van der Waals surface area contributed by atoms with Gasteiger partial charge in [-0.15, -0.1) is 0 Å². The quantitative estimate of drug-likeness (QED) is 0.846. The standard InChI is InChI=1S/C13H18F2N2O/c1-2-17(13(18)7-4-8-16)9-10-11(14)5-3-6-12(10)15/h3,5-6H,2,4,7-9,16H2,1H3. The molecule has 0 aliphatic carbocycles. The summed E-state index contributed by atoms with van der Waals surface area (Å²) in [7, 11) is 0. The molecule has 0 fully saturated rings. The smallest absolute Gasteiger partial charge is 0.222 e. The van der Waals surface area contributed by atoms with Crippen molar-refractivity contribution in [2.24, 2.45) is 5.73 Å². The van der Waals surface area contributed by atoms with E-state index >= 15 is 0 Å². The van der Waals surface area contributed by atoms with Crippen LogP contribution in [0, 0.1) is 11.6 Å². The largest absolute Gasteiger partial charge is 0.338 e. The first-order valence-corrected chi connectivity index (χ1v) is 6.00. The van der Waals surface area contributed by atoms with Crippen LogP contribution in [-0.2, 0) is 11.3 Å². The number of rotatable bonds is 6. The second-order valence-corrected chi connectivity index (χ2v) is 4.00. The molecule has 0 spiro atoms. The molecule has 0 aliphatic rings. The Bertz CT molecular complexity index is 390. The third-order valence-electron chi connectivity index (χ3n) is 2.74. The maximum Gasteiger partial charge on any atom is 0.222 e. The second-order valence-electron chi connectivity index (χ2n) is 4.00. The minimum Gasteiger partial charge on any atom is -0.338 e. The van der Waals surface area contributed by atoms with Crippen molar-refractivity contribution in [2.45, 2.75) is 26.3 Å². The lowest BCUT2D eigenvalue weighted by atomic mass is 10.1. The number of carbonyl (C=O) groups excluding carboxylic acids is 1. The summed E-state index contributed by atoms with van der Waals surface area (Å²) in [6, 6.07) is 3.69. The molecular weight excluding hydrogens is 238 g/mol. The van der Waals surface area contributed by atoms with E-state index in [9.17, 15) is 13.6 Å². The molecule has 0 bridgehead atoms. The van der Waals surface area contributed by atoms with Gasteiger partial charge in [0.25, 0.3) is 0 Å². The van der Waals surface area contributed by atoms with Gasteiger partial charge in [0.2, 0.25) is 5.91 Å². The molecular formula is C13H18F2N2O. The fourth-order valence-corrected chi connectivity index (χ4v) is 1.66. The molecule has 1 rings (SSSR count). The van der Waals surface area contributed by atoms with Gasteiger partial charge < -0.3 is 10.6 Å². The summed E-state index contributed by atoms with van der Waals surface area (Å²) in [5, 5.41) is 0. The number of halogens is 2. The van der Waals surface area contributed by atoms with Crippen molar-refractivity contribution >= 4 is 5.91 Å². The molecule has 0 aromatic heterocycles. The number of hydrogen-bond donors (Lipinski definition) is 1. The van der Waals surface area contributed by atoms with E-state index in [1.54, 1.807) is 6.92 Å². The Kier molecular flexibility index (Phi) is 5.71. The Morgan fingerprint density at radius 2 is 1.94 bits per heavy atom. The maximum atomic E-state index is 13.5. The zero-order chi connectivity index (χ0) is 13.5. The predicted octanol–water partition coefficient (Wildman–Crippen LogP) is 2.05. The van der Waals surface area contributed by atoms with E-state index in [-0.39, 0.29) is 18.0 Å². The van der Waals surface area contributed by atoms with Gasteiger partial charge in [0.15, 0.2) is 0 Å². The number of carbonyl (C=O) groups is 1. The molecule has 1 amide bonds. The Morgan fingerprint density at radius 3 is 2.44 bits per heavy atom. The van der Waals surface area contributed by atoms with E-state index in [1.807, 2.05) is 0 Å². The van der Waals surface area contributed by atoms with Crippen LogP contribution in [0.15, 0.2) is 18.2 Å². The van der Waals surface area contributed by atoms with Gasteiger partial charge >= 0.3 is 0 Å². The highest BCUT2D eigenvalue weighted by molar-refractivity contribution is 5.76. The van der Waals surface area contributed by atoms with Gasteiger partial charge in [-0.1, -0.05) is 6.07 Å². The SMILES string of the molecule is CCN(Cc1c(F)cccc1F)C(=O)CCCN. The van der Waals surface area contributed by atoms with Crippen LogP contribution in [0.2, 0.25) is 0 Å². The third-order valence-corrected chi connectivity index (χ3v) is 2.74. The summed E-state index contributed by atoms with van der Waals surface area (Å²) in [6.07, 6.45) is 0.884. The van der Waals surface area contributed by atoms with Crippen molar-refractivity contribution in [3.05, 3.63) is 35.4 Å². The van der Waals surface area contributed by atoms with E-state index in [2.05, 4.69) is 0 Å². The summed E-state index contributed by atoms with van der Waals surface area (Å²) in [5.74, 6) is -1.38. The zero-order valence-corrected chi connectivity index (χ0v) is 10.5. The highest BCUT2D eigenvalue weighted by Crippen LogP contribution is 2.15. The van der Waals surface area contributed by atoms with Crippen LogP contribution in [0.3, 0.4) is 0 Å². The summed E-state index contributed by atoms with van der Waals surface area (Å²) < 4.78 is 26.9. The normalized spacial score (nSPS) is 10.4. The van der Waals surface area contributed by atoms with Crippen LogP contribution < -0.4 is 5.73 Å². The number of nitrogens with zero attached hydrogens (tertiary/aromatic N) is 1. The molecule has 18 heavy (non-hydrogen) atoms. The molecule has 0 radical (unpaired) electrons. The molecule has 0 atom stereocenters. The number of hydrogen-bond acceptors (Lipinski definition) is 2. The van der Waals surface area contributed by atoms with Crippen LogP contribution >= 0.6 is 0 Å². The van der Waals surface area contributed by atoms with Gasteiger partial charge in [-0.25, -0.2) is 8.78 Å². The van der Waals surface area contributed by atoms with Crippen LogP contribution in [0.4, 0.5) is 8.78 Å². The molecule has 0 saturated carbocycles. The highest BCUT2D eigenvalue weighted by Gasteiger charge is 2.16. The minimum absolute atomic E-state index is 0.0432. The van der Waals surface area contributed by atoms with Crippen molar-refractivity contribution in [1.82, 2.24) is 4.90 Å². The van der Waals surface area contributed by atoms with Crippen molar-refractivity contribution < 1.29 is 13.6 Å². The van der Waals surface area contributed by atoms with Gasteiger partial charge in [0.05, 0.1) is 6.54 Å². The number of benzene rings is 1. The van der Waals surface area contributed by atoms with Crippen molar-refractivity contribution in [3.63, 3.8) is 0 Å². The topological polar surface area (TPSA) is 46.3 Å². The number of amides is 1. The Balaban J connectivity index is 2.76. The first-order valence-electron chi connectivity index (χ1n) is 6.00. The van der Waals surface area contributed by atoms with Crippen LogP contribution in [0.1, 0.15) is 25.3 Å². The molecule has 100 valence electrons. The van der Waals surface area contributed by atoms with Crippen molar-refractivity contribution in [3.8, 4) is 0 Å². The molecule has 1 aromatic carbocycles. The average molecular weight is 256 g/mol. The molecule has 5 heteroatoms. The van der Waals surface area contributed by atoms with Gasteiger partial charge in [0, 0.05) is 18.5 Å². The van der Waals surface area contributed by atoms with E-state index < -0.39 is 11.6 Å². The molecule has 3 nitrogen and oxygen atoms in total. The zero-order valence-electron chi connectivity index (χ0n) is 10.5. The Labute approximate surface area is 106 Å². The summed E-state index contributed by atoms with van der Waals surface area (Å²) in [6.45, 7) is 2.58. The Hall–Kier alpha value is -1.49. The molecule has 0 unspecified atom stereocenters. The lowest BCUT2D eigenvalue weighted by Crippen LogP contribution is -2.31. The Morgan fingerprint density at radius 1 is 1.33 bits per heavy atom. The third kappa shape index (κ3) is 3.77. The molecule has 0 saturated heterocycles. The highest BCUT2D eigenvalue weighted by atomic mass is 19.1. The summed E-state index contributed by atoms with van der Waals surface area (Å²) in [5.41, 5.74) is 5.26. The van der Waals surface area contributed by atoms with Gasteiger partial charge in [-0.3, -0.25) is 4.79 Å². The van der Waals surface area contributed by atoms with Crippen molar-refractivity contribution in [1.29, 1.82) is 0 Å². The van der Waals surface area contributed by atoms with E-state index in [1.165, 1.54) is 23.1 Å². The van der Waals surface area contributed by atoms with Crippen LogP contribution in [0.5, 0.6) is 0 Å². The van der Waals surface area contributed by atoms with Gasteiger partial charge in [-0.2, -0.15) is 0 Å². The van der Waals surface area contributed by atoms with Gasteiger partial charge in [0.1, 0.15) is 11.6 Å². The van der Waals surface area contributed by atoms with Gasteiger partial charge in [-0.05, 0) is 32.0 Å². The van der Waals surface area contributed by atoms with E-state index in [0.29, 0.717) is 25.9 Å². The fourth-order valence-electron chi connectivity index (χ4n) is 1.66. The first kappa shape index (κ1) is 14.6. The monoisotopic (exact) mass is 256 g/mol. The predicted molar refractivity (Wildman–Crippen MR) is 65.7 cm³/mol. The fraction of sp³-hybridized carbons (Fsp3) is 0.462. The average Bonchev–Trinajstić information content (AvgIpc) is 2.35. The minimum atomic E-state index is -0.625. The maximum absolute atomic E-state index is 13.5. The summed E-state index contributed by atoms with van der Waals surface area (Å²) in [4.78, 5) is 13.2.